The molecule has 2 N–H and O–H groups in total. The topological polar surface area (TPSA) is 66.4 Å². The fourth-order valence-electron chi connectivity index (χ4n) is 1.97. The second kappa shape index (κ2) is 6.10. The van der Waals surface area contributed by atoms with Gasteiger partial charge in [0.15, 0.2) is 0 Å². The lowest BCUT2D eigenvalue weighted by Gasteiger charge is -2.09. The van der Waals surface area contributed by atoms with Gasteiger partial charge in [0.1, 0.15) is 0 Å². The molecular formula is C16H14BrNO3. The number of anilines is 1. The van der Waals surface area contributed by atoms with Crippen LogP contribution in [0.15, 0.2) is 40.9 Å². The summed E-state index contributed by atoms with van der Waals surface area (Å²) < 4.78 is 0.945. The van der Waals surface area contributed by atoms with Crippen LogP contribution in [0.5, 0.6) is 0 Å². The highest BCUT2D eigenvalue weighted by molar-refractivity contribution is 9.10. The summed E-state index contributed by atoms with van der Waals surface area (Å²) in [4.78, 5) is 23.1. The predicted molar refractivity (Wildman–Crippen MR) is 85.0 cm³/mol. The highest BCUT2D eigenvalue weighted by Gasteiger charge is 2.10. The van der Waals surface area contributed by atoms with E-state index >= 15 is 0 Å². The molecule has 0 radical (unpaired) electrons. The van der Waals surface area contributed by atoms with Crippen LogP contribution in [0.4, 0.5) is 5.69 Å². The molecule has 0 saturated heterocycles. The van der Waals surface area contributed by atoms with Crippen molar-refractivity contribution >= 4 is 33.5 Å². The predicted octanol–water partition coefficient (Wildman–Crippen LogP) is 4.02. The van der Waals surface area contributed by atoms with Gasteiger partial charge >= 0.3 is 5.97 Å². The number of aromatic carboxylic acids is 1. The van der Waals surface area contributed by atoms with Crippen molar-refractivity contribution < 1.29 is 14.7 Å². The standard InChI is InChI=1S/C16H14BrNO3/c1-9-8-12(4-5-13(9)16(20)21)18-15(19)11-3-6-14(17)10(2)7-11/h3-8H,1-2H3,(H,18,19)(H,20,21). The number of amides is 1. The second-order valence-electron chi connectivity index (χ2n) is 4.75. The van der Waals surface area contributed by atoms with E-state index in [2.05, 4.69) is 21.2 Å². The van der Waals surface area contributed by atoms with Crippen molar-refractivity contribution in [1.82, 2.24) is 0 Å². The number of hydrogen-bond acceptors (Lipinski definition) is 2. The maximum atomic E-state index is 12.2. The number of carbonyl (C=O) groups is 2. The molecule has 4 nitrogen and oxygen atoms in total. The summed E-state index contributed by atoms with van der Waals surface area (Å²) in [5.41, 5.74) is 2.93. The Morgan fingerprint density at radius 2 is 1.76 bits per heavy atom. The van der Waals surface area contributed by atoms with Gasteiger partial charge in [-0.25, -0.2) is 4.79 Å². The average molecular weight is 348 g/mol. The van der Waals surface area contributed by atoms with Crippen LogP contribution in [-0.4, -0.2) is 17.0 Å². The fourth-order valence-corrected chi connectivity index (χ4v) is 2.22. The lowest BCUT2D eigenvalue weighted by atomic mass is 10.1. The summed E-state index contributed by atoms with van der Waals surface area (Å²) in [6.45, 7) is 3.61. The molecule has 0 atom stereocenters. The van der Waals surface area contributed by atoms with Crippen LogP contribution in [0.1, 0.15) is 31.8 Å². The van der Waals surface area contributed by atoms with Crippen LogP contribution < -0.4 is 5.32 Å². The minimum Gasteiger partial charge on any atom is -0.478 e. The van der Waals surface area contributed by atoms with Crippen LogP contribution >= 0.6 is 15.9 Å². The number of benzene rings is 2. The zero-order valence-electron chi connectivity index (χ0n) is 11.6. The Balaban J connectivity index is 2.21. The minimum absolute atomic E-state index is 0.229. The van der Waals surface area contributed by atoms with Gasteiger partial charge in [0.2, 0.25) is 0 Å². The molecule has 0 aliphatic rings. The van der Waals surface area contributed by atoms with Gasteiger partial charge in [-0.3, -0.25) is 4.79 Å². The van der Waals surface area contributed by atoms with Crippen molar-refractivity contribution in [3.8, 4) is 0 Å². The number of aryl methyl sites for hydroxylation is 2. The SMILES string of the molecule is Cc1cc(C(=O)Nc2ccc(C(=O)O)c(C)c2)ccc1Br. The Bertz CT molecular complexity index is 725. The summed E-state index contributed by atoms with van der Waals surface area (Å²) in [7, 11) is 0. The summed E-state index contributed by atoms with van der Waals surface area (Å²) in [5.74, 6) is -1.21. The third-order valence-corrected chi connectivity index (χ3v) is 4.02. The first kappa shape index (κ1) is 15.3. The molecule has 2 aromatic rings. The molecule has 5 heteroatoms. The second-order valence-corrected chi connectivity index (χ2v) is 5.61. The first-order valence-corrected chi connectivity index (χ1v) is 7.09. The van der Waals surface area contributed by atoms with E-state index in [4.69, 9.17) is 5.11 Å². The smallest absolute Gasteiger partial charge is 0.335 e. The van der Waals surface area contributed by atoms with Crippen molar-refractivity contribution in [2.45, 2.75) is 13.8 Å². The number of nitrogens with one attached hydrogen (secondary N) is 1. The van der Waals surface area contributed by atoms with E-state index in [0.717, 1.165) is 10.0 Å². The molecule has 2 rings (SSSR count). The third kappa shape index (κ3) is 3.49. The highest BCUT2D eigenvalue weighted by atomic mass is 79.9. The van der Waals surface area contributed by atoms with Gasteiger partial charge in [0, 0.05) is 15.7 Å². The van der Waals surface area contributed by atoms with Gasteiger partial charge in [-0.1, -0.05) is 15.9 Å². The van der Waals surface area contributed by atoms with Crippen LogP contribution in [0, 0.1) is 13.8 Å². The summed E-state index contributed by atoms with van der Waals surface area (Å²) in [6.07, 6.45) is 0. The van der Waals surface area contributed by atoms with E-state index in [0.29, 0.717) is 16.8 Å². The number of carbonyl (C=O) groups excluding carboxylic acids is 1. The van der Waals surface area contributed by atoms with Crippen molar-refractivity contribution in [3.63, 3.8) is 0 Å². The molecule has 0 aliphatic carbocycles. The number of carboxylic acids is 1. The maximum absolute atomic E-state index is 12.2. The van der Waals surface area contributed by atoms with Gasteiger partial charge in [-0.2, -0.15) is 0 Å². The molecular weight excluding hydrogens is 334 g/mol. The van der Waals surface area contributed by atoms with E-state index in [9.17, 15) is 9.59 Å². The zero-order chi connectivity index (χ0) is 15.6. The maximum Gasteiger partial charge on any atom is 0.335 e. The van der Waals surface area contributed by atoms with Crippen molar-refractivity contribution in [2.75, 3.05) is 5.32 Å². The Hall–Kier alpha value is -2.14. The highest BCUT2D eigenvalue weighted by Crippen LogP contribution is 2.19. The van der Waals surface area contributed by atoms with Crippen LogP contribution in [0.25, 0.3) is 0 Å². The Labute approximate surface area is 130 Å². The minimum atomic E-state index is -0.978. The van der Waals surface area contributed by atoms with E-state index in [1.165, 1.54) is 6.07 Å². The van der Waals surface area contributed by atoms with Crippen molar-refractivity contribution in [1.29, 1.82) is 0 Å². The third-order valence-electron chi connectivity index (χ3n) is 3.13. The molecule has 0 aromatic heterocycles. The van der Waals surface area contributed by atoms with Crippen LogP contribution in [0.3, 0.4) is 0 Å². The van der Waals surface area contributed by atoms with Gasteiger partial charge in [0.25, 0.3) is 5.91 Å². The summed E-state index contributed by atoms with van der Waals surface area (Å²) >= 11 is 3.39. The average Bonchev–Trinajstić information content (AvgIpc) is 2.41. The quantitative estimate of drug-likeness (QED) is 0.881. The van der Waals surface area contributed by atoms with E-state index in [-0.39, 0.29) is 11.5 Å². The molecule has 0 saturated carbocycles. The van der Waals surface area contributed by atoms with Gasteiger partial charge in [0.05, 0.1) is 5.56 Å². The zero-order valence-corrected chi connectivity index (χ0v) is 13.2. The molecule has 2 aromatic carbocycles. The molecule has 0 bridgehead atoms. The monoisotopic (exact) mass is 347 g/mol. The summed E-state index contributed by atoms with van der Waals surface area (Å²) in [5, 5.41) is 11.7. The Morgan fingerprint density at radius 3 is 2.33 bits per heavy atom. The lowest BCUT2D eigenvalue weighted by Crippen LogP contribution is -2.12. The number of halogens is 1. The molecule has 0 spiro atoms. The van der Waals surface area contributed by atoms with Crippen molar-refractivity contribution in [3.05, 3.63) is 63.1 Å². The van der Waals surface area contributed by atoms with Crippen LogP contribution in [-0.2, 0) is 0 Å². The van der Waals surface area contributed by atoms with Crippen molar-refractivity contribution in [2.24, 2.45) is 0 Å². The largest absolute Gasteiger partial charge is 0.478 e. The number of rotatable bonds is 3. The first-order valence-electron chi connectivity index (χ1n) is 6.30. The normalized spacial score (nSPS) is 10.2. The van der Waals surface area contributed by atoms with E-state index in [1.54, 1.807) is 31.2 Å². The number of hydrogen-bond donors (Lipinski definition) is 2. The van der Waals surface area contributed by atoms with Crippen LogP contribution in [0.2, 0.25) is 0 Å². The molecule has 0 aliphatic heterocycles. The van der Waals surface area contributed by atoms with Gasteiger partial charge in [-0.05, 0) is 61.4 Å². The lowest BCUT2D eigenvalue weighted by molar-refractivity contribution is 0.0696. The summed E-state index contributed by atoms with van der Waals surface area (Å²) in [6, 6.07) is 10.1. The Morgan fingerprint density at radius 1 is 1.05 bits per heavy atom. The van der Waals surface area contributed by atoms with E-state index < -0.39 is 5.97 Å². The molecule has 108 valence electrons. The molecule has 21 heavy (non-hydrogen) atoms. The van der Waals surface area contributed by atoms with E-state index in [1.807, 2.05) is 13.0 Å². The number of carboxylic acid groups (broad SMARTS) is 1. The molecule has 0 unspecified atom stereocenters. The van der Waals surface area contributed by atoms with Gasteiger partial charge < -0.3 is 10.4 Å². The molecule has 0 fully saturated rings. The first-order chi connectivity index (χ1) is 9.88. The Kier molecular flexibility index (Phi) is 4.43. The van der Waals surface area contributed by atoms with Gasteiger partial charge in [-0.15, -0.1) is 0 Å². The molecule has 0 heterocycles. The molecule has 1 amide bonds. The fraction of sp³-hybridized carbons (Fsp3) is 0.125.